The Kier molecular flexibility index (Phi) is 4.42. The monoisotopic (exact) mass is 287 g/mol. The first-order chi connectivity index (χ1) is 9.40. The van der Waals surface area contributed by atoms with Gasteiger partial charge in [-0.25, -0.2) is 0 Å². The highest BCUT2D eigenvalue weighted by atomic mass is 19.4. The zero-order valence-electron chi connectivity index (χ0n) is 11.6. The summed E-state index contributed by atoms with van der Waals surface area (Å²) in [6.45, 7) is 6.40. The van der Waals surface area contributed by atoms with Gasteiger partial charge in [-0.05, 0) is 31.2 Å². The van der Waals surface area contributed by atoms with Gasteiger partial charge in [0, 0.05) is 37.6 Å². The van der Waals surface area contributed by atoms with Crippen molar-refractivity contribution in [2.24, 2.45) is 0 Å². The Balaban J connectivity index is 2.12. The number of nitrogen functional groups attached to an aromatic ring is 1. The fourth-order valence-electron chi connectivity index (χ4n) is 2.53. The van der Waals surface area contributed by atoms with Gasteiger partial charge in [-0.15, -0.1) is 0 Å². The Labute approximate surface area is 117 Å². The highest BCUT2D eigenvalue weighted by Gasteiger charge is 2.31. The number of halogens is 3. The van der Waals surface area contributed by atoms with E-state index in [-0.39, 0.29) is 5.69 Å². The summed E-state index contributed by atoms with van der Waals surface area (Å²) in [5, 5.41) is 0. The molecule has 2 N–H and O–H groups in total. The second kappa shape index (κ2) is 5.91. The lowest BCUT2D eigenvalue weighted by atomic mass is 10.1. The topological polar surface area (TPSA) is 32.5 Å². The lowest BCUT2D eigenvalue weighted by molar-refractivity contribution is -0.137. The number of alkyl halides is 3. The summed E-state index contributed by atoms with van der Waals surface area (Å²) in [5.74, 6) is 0. The molecule has 112 valence electrons. The van der Waals surface area contributed by atoms with Gasteiger partial charge in [0.1, 0.15) is 0 Å². The molecule has 0 spiro atoms. The van der Waals surface area contributed by atoms with Gasteiger partial charge in [0.25, 0.3) is 0 Å². The number of hydrogen-bond acceptors (Lipinski definition) is 3. The Bertz CT molecular complexity index is 451. The molecule has 3 nitrogen and oxygen atoms in total. The van der Waals surface area contributed by atoms with Crippen LogP contribution in [0.15, 0.2) is 18.2 Å². The van der Waals surface area contributed by atoms with Crippen molar-refractivity contribution in [3.8, 4) is 0 Å². The molecule has 0 bridgehead atoms. The maximum absolute atomic E-state index is 12.8. The molecule has 1 heterocycles. The minimum atomic E-state index is -4.35. The molecule has 20 heavy (non-hydrogen) atoms. The van der Waals surface area contributed by atoms with Gasteiger partial charge in [-0.1, -0.05) is 6.92 Å². The van der Waals surface area contributed by atoms with Crippen LogP contribution in [0.2, 0.25) is 0 Å². The Hall–Kier alpha value is -1.43. The minimum absolute atomic E-state index is 0.158. The third-order valence-corrected chi connectivity index (χ3v) is 3.54. The largest absolute Gasteiger partial charge is 0.416 e. The molecule has 0 aliphatic carbocycles. The van der Waals surface area contributed by atoms with Crippen molar-refractivity contribution in [3.63, 3.8) is 0 Å². The van der Waals surface area contributed by atoms with Gasteiger partial charge in [-0.2, -0.15) is 13.2 Å². The van der Waals surface area contributed by atoms with Crippen LogP contribution in [-0.2, 0) is 6.18 Å². The van der Waals surface area contributed by atoms with Crippen molar-refractivity contribution in [3.05, 3.63) is 23.8 Å². The van der Waals surface area contributed by atoms with Crippen molar-refractivity contribution in [2.45, 2.75) is 19.5 Å². The molecule has 1 saturated heterocycles. The maximum atomic E-state index is 12.8. The second-order valence-corrected chi connectivity index (χ2v) is 5.14. The van der Waals surface area contributed by atoms with Crippen molar-refractivity contribution >= 4 is 11.4 Å². The molecule has 6 heteroatoms. The van der Waals surface area contributed by atoms with Crippen LogP contribution in [-0.4, -0.2) is 37.6 Å². The molecule has 1 aromatic carbocycles. The van der Waals surface area contributed by atoms with Crippen LogP contribution in [0.1, 0.15) is 18.9 Å². The Morgan fingerprint density at radius 2 is 1.75 bits per heavy atom. The van der Waals surface area contributed by atoms with E-state index in [4.69, 9.17) is 5.73 Å². The van der Waals surface area contributed by atoms with Gasteiger partial charge in [-0.3, -0.25) is 4.90 Å². The molecule has 1 aliphatic rings. The highest BCUT2D eigenvalue weighted by molar-refractivity contribution is 5.59. The molecule has 1 aromatic rings. The van der Waals surface area contributed by atoms with E-state index < -0.39 is 11.7 Å². The van der Waals surface area contributed by atoms with E-state index in [9.17, 15) is 13.2 Å². The zero-order chi connectivity index (χ0) is 14.8. The smallest absolute Gasteiger partial charge is 0.399 e. The van der Waals surface area contributed by atoms with Crippen LogP contribution >= 0.6 is 0 Å². The van der Waals surface area contributed by atoms with Gasteiger partial charge in [0.15, 0.2) is 0 Å². The summed E-state index contributed by atoms with van der Waals surface area (Å²) in [4.78, 5) is 4.30. The van der Waals surface area contributed by atoms with E-state index >= 15 is 0 Å². The molecule has 1 fully saturated rings. The minimum Gasteiger partial charge on any atom is -0.399 e. The zero-order valence-corrected chi connectivity index (χ0v) is 11.6. The number of hydrogen-bond donors (Lipinski definition) is 1. The average Bonchev–Trinajstić information content (AvgIpc) is 2.38. The highest BCUT2D eigenvalue weighted by Crippen LogP contribution is 2.33. The fourth-order valence-corrected chi connectivity index (χ4v) is 2.53. The Morgan fingerprint density at radius 3 is 2.30 bits per heavy atom. The number of benzene rings is 1. The summed E-state index contributed by atoms with van der Waals surface area (Å²) >= 11 is 0. The van der Waals surface area contributed by atoms with Gasteiger partial charge >= 0.3 is 6.18 Å². The third-order valence-electron chi connectivity index (χ3n) is 3.54. The van der Waals surface area contributed by atoms with Crippen LogP contribution in [0.3, 0.4) is 0 Å². The van der Waals surface area contributed by atoms with Gasteiger partial charge in [0.05, 0.1) is 5.56 Å². The van der Waals surface area contributed by atoms with E-state index in [2.05, 4.69) is 11.8 Å². The van der Waals surface area contributed by atoms with Gasteiger partial charge in [0.2, 0.25) is 0 Å². The number of rotatable bonds is 3. The van der Waals surface area contributed by atoms with Gasteiger partial charge < -0.3 is 10.6 Å². The molecule has 2 rings (SSSR count). The predicted molar refractivity (Wildman–Crippen MR) is 74.8 cm³/mol. The first kappa shape index (κ1) is 15.0. The van der Waals surface area contributed by atoms with E-state index in [1.165, 1.54) is 6.07 Å². The van der Waals surface area contributed by atoms with Crippen molar-refractivity contribution < 1.29 is 13.2 Å². The van der Waals surface area contributed by atoms with Crippen molar-refractivity contribution in [1.82, 2.24) is 4.90 Å². The van der Waals surface area contributed by atoms with E-state index in [0.717, 1.165) is 45.2 Å². The van der Waals surface area contributed by atoms with E-state index in [1.54, 1.807) is 6.07 Å². The molecule has 0 radical (unpaired) electrons. The SMILES string of the molecule is CCCN1CCN(c2cc(N)cc(C(F)(F)F)c2)CC1. The number of nitrogens with zero attached hydrogens (tertiary/aromatic N) is 2. The normalized spacial score (nSPS) is 17.5. The number of piperazine rings is 1. The summed E-state index contributed by atoms with van der Waals surface area (Å²) < 4.78 is 38.4. The quantitative estimate of drug-likeness (QED) is 0.868. The van der Waals surface area contributed by atoms with Crippen molar-refractivity contribution in [1.29, 1.82) is 0 Å². The molecule has 0 atom stereocenters. The maximum Gasteiger partial charge on any atom is 0.416 e. The first-order valence-corrected chi connectivity index (χ1v) is 6.85. The molecule has 0 amide bonds. The van der Waals surface area contributed by atoms with Crippen LogP contribution in [0.4, 0.5) is 24.5 Å². The van der Waals surface area contributed by atoms with E-state index in [0.29, 0.717) is 5.69 Å². The molecular formula is C14H20F3N3. The summed E-state index contributed by atoms with van der Waals surface area (Å²) in [6, 6.07) is 3.79. The average molecular weight is 287 g/mol. The molecule has 1 aliphatic heterocycles. The van der Waals surface area contributed by atoms with Crippen LogP contribution in [0.25, 0.3) is 0 Å². The summed E-state index contributed by atoms with van der Waals surface area (Å²) in [6.07, 6.45) is -3.26. The lowest BCUT2D eigenvalue weighted by Gasteiger charge is -2.36. The first-order valence-electron chi connectivity index (χ1n) is 6.85. The van der Waals surface area contributed by atoms with Crippen LogP contribution in [0, 0.1) is 0 Å². The number of anilines is 2. The molecular weight excluding hydrogens is 267 g/mol. The van der Waals surface area contributed by atoms with Crippen LogP contribution < -0.4 is 10.6 Å². The van der Waals surface area contributed by atoms with Crippen LogP contribution in [0.5, 0.6) is 0 Å². The third kappa shape index (κ3) is 3.56. The molecule has 0 aromatic heterocycles. The fraction of sp³-hybridized carbons (Fsp3) is 0.571. The van der Waals surface area contributed by atoms with E-state index in [1.807, 2.05) is 4.90 Å². The molecule has 0 unspecified atom stereocenters. The Morgan fingerprint density at radius 1 is 1.10 bits per heavy atom. The number of nitrogens with two attached hydrogens (primary N) is 1. The molecule has 0 saturated carbocycles. The summed E-state index contributed by atoms with van der Waals surface area (Å²) in [5.41, 5.74) is 5.64. The summed E-state index contributed by atoms with van der Waals surface area (Å²) in [7, 11) is 0. The predicted octanol–water partition coefficient (Wildman–Crippen LogP) is 2.82. The van der Waals surface area contributed by atoms with Crippen molar-refractivity contribution in [2.75, 3.05) is 43.4 Å². The standard InChI is InChI=1S/C14H20F3N3/c1-2-3-19-4-6-20(7-5-19)13-9-11(14(15,16)17)8-12(18)10-13/h8-10H,2-7,18H2,1H3. The lowest BCUT2D eigenvalue weighted by Crippen LogP contribution is -2.46. The second-order valence-electron chi connectivity index (χ2n) is 5.14.